The lowest BCUT2D eigenvalue weighted by Crippen LogP contribution is -2.31. The number of likely N-dealkylation sites (N-methyl/N-ethyl adjacent to an activating group) is 1. The lowest BCUT2D eigenvalue weighted by atomic mass is 10.3. The molecule has 0 aliphatic carbocycles. The van der Waals surface area contributed by atoms with Crippen LogP contribution in [0.5, 0.6) is 5.75 Å². The van der Waals surface area contributed by atoms with Gasteiger partial charge >= 0.3 is 0 Å². The van der Waals surface area contributed by atoms with Gasteiger partial charge in [0.05, 0.1) is 5.02 Å². The Bertz CT molecular complexity index is 278. The summed E-state index contributed by atoms with van der Waals surface area (Å²) in [5.74, 6) is 0.749. The molecule has 0 bridgehead atoms. The van der Waals surface area contributed by atoms with Crippen LogP contribution in [0.15, 0.2) is 24.3 Å². The molecule has 0 aliphatic rings. The number of nitrogens with one attached hydrogen (secondary N) is 1. The fourth-order valence-electron chi connectivity index (χ4n) is 1.18. The van der Waals surface area contributed by atoms with E-state index in [1.165, 1.54) is 0 Å². The highest BCUT2D eigenvalue weighted by atomic mass is 35.5. The second-order valence-electron chi connectivity index (χ2n) is 3.20. The Morgan fingerprint density at radius 2 is 2.14 bits per heavy atom. The van der Waals surface area contributed by atoms with Crippen LogP contribution in [0.4, 0.5) is 0 Å². The topological polar surface area (TPSA) is 21.3 Å². The molecule has 0 saturated carbocycles. The van der Waals surface area contributed by atoms with Gasteiger partial charge in [0.25, 0.3) is 0 Å². The molecule has 14 heavy (non-hydrogen) atoms. The number of hydrogen-bond acceptors (Lipinski definition) is 2. The van der Waals surface area contributed by atoms with Crippen molar-refractivity contribution in [2.24, 2.45) is 0 Å². The molecule has 0 fully saturated rings. The maximum atomic E-state index is 5.94. The van der Waals surface area contributed by atoms with Crippen LogP contribution in [-0.4, -0.2) is 19.2 Å². The summed E-state index contributed by atoms with van der Waals surface area (Å²) in [6.07, 6.45) is 0. The Hall–Kier alpha value is -0.730. The maximum absolute atomic E-state index is 5.94. The average Bonchev–Trinajstić information content (AvgIpc) is 2.17. The largest absolute Gasteiger partial charge is 0.490 e. The zero-order valence-electron chi connectivity index (χ0n) is 8.59. The second-order valence-corrected chi connectivity index (χ2v) is 3.61. The van der Waals surface area contributed by atoms with Gasteiger partial charge in [-0.2, -0.15) is 0 Å². The fourth-order valence-corrected chi connectivity index (χ4v) is 1.37. The highest BCUT2D eigenvalue weighted by Crippen LogP contribution is 2.22. The predicted octanol–water partition coefficient (Wildman–Crippen LogP) is 2.72. The van der Waals surface area contributed by atoms with Gasteiger partial charge in [0.1, 0.15) is 12.4 Å². The SMILES string of the molecule is CCNC(C)COc1ccccc1Cl. The molecule has 0 spiro atoms. The van der Waals surface area contributed by atoms with Crippen molar-refractivity contribution in [3.63, 3.8) is 0 Å². The molecule has 0 aliphatic heterocycles. The van der Waals surface area contributed by atoms with E-state index in [4.69, 9.17) is 16.3 Å². The lowest BCUT2D eigenvalue weighted by Gasteiger charge is -2.14. The van der Waals surface area contributed by atoms with Crippen LogP contribution < -0.4 is 10.1 Å². The van der Waals surface area contributed by atoms with Crippen molar-refractivity contribution in [2.45, 2.75) is 19.9 Å². The Labute approximate surface area is 90.2 Å². The van der Waals surface area contributed by atoms with Gasteiger partial charge in [0, 0.05) is 6.04 Å². The first-order valence-corrected chi connectivity index (χ1v) is 5.22. The summed E-state index contributed by atoms with van der Waals surface area (Å²) in [5.41, 5.74) is 0. The number of halogens is 1. The lowest BCUT2D eigenvalue weighted by molar-refractivity contribution is 0.275. The number of ether oxygens (including phenoxy) is 1. The molecule has 1 aromatic rings. The van der Waals surface area contributed by atoms with Crippen molar-refractivity contribution in [1.29, 1.82) is 0 Å². The number of benzene rings is 1. The second kappa shape index (κ2) is 5.89. The molecule has 1 atom stereocenters. The molecule has 2 nitrogen and oxygen atoms in total. The molecule has 0 heterocycles. The van der Waals surface area contributed by atoms with Crippen molar-refractivity contribution in [2.75, 3.05) is 13.2 Å². The van der Waals surface area contributed by atoms with Crippen LogP contribution in [0.2, 0.25) is 5.02 Å². The van der Waals surface area contributed by atoms with Crippen molar-refractivity contribution in [1.82, 2.24) is 5.32 Å². The first-order chi connectivity index (χ1) is 6.74. The van der Waals surface area contributed by atoms with Gasteiger partial charge in [-0.05, 0) is 25.6 Å². The third-order valence-corrected chi connectivity index (χ3v) is 2.19. The summed E-state index contributed by atoms with van der Waals surface area (Å²) in [7, 11) is 0. The molecule has 0 aromatic heterocycles. The smallest absolute Gasteiger partial charge is 0.137 e. The van der Waals surface area contributed by atoms with E-state index in [2.05, 4.69) is 19.2 Å². The highest BCUT2D eigenvalue weighted by Gasteiger charge is 2.03. The zero-order valence-corrected chi connectivity index (χ0v) is 9.34. The van der Waals surface area contributed by atoms with E-state index in [1.54, 1.807) is 0 Å². The molecule has 1 aromatic carbocycles. The Kier molecular flexibility index (Phi) is 4.77. The molecule has 1 N–H and O–H groups in total. The monoisotopic (exact) mass is 213 g/mol. The van der Waals surface area contributed by atoms with Crippen LogP contribution >= 0.6 is 11.6 Å². The summed E-state index contributed by atoms with van der Waals surface area (Å²) < 4.78 is 5.56. The highest BCUT2D eigenvalue weighted by molar-refractivity contribution is 6.32. The first kappa shape index (κ1) is 11.3. The van der Waals surface area contributed by atoms with Crippen molar-refractivity contribution >= 4 is 11.6 Å². The van der Waals surface area contributed by atoms with Gasteiger partial charge in [-0.3, -0.25) is 0 Å². The van der Waals surface area contributed by atoms with Crippen LogP contribution in [0.3, 0.4) is 0 Å². The summed E-state index contributed by atoms with van der Waals surface area (Å²) in [6, 6.07) is 7.86. The third-order valence-electron chi connectivity index (χ3n) is 1.88. The van der Waals surface area contributed by atoms with Gasteiger partial charge in [0.15, 0.2) is 0 Å². The molecule has 78 valence electrons. The number of rotatable bonds is 5. The molecule has 0 radical (unpaired) electrons. The summed E-state index contributed by atoms with van der Waals surface area (Å²) >= 11 is 5.94. The van der Waals surface area contributed by atoms with Crippen LogP contribution in [0.1, 0.15) is 13.8 Å². The first-order valence-electron chi connectivity index (χ1n) is 4.84. The van der Waals surface area contributed by atoms with E-state index in [0.29, 0.717) is 17.7 Å². The minimum absolute atomic E-state index is 0.344. The molecular formula is C11H16ClNO. The van der Waals surface area contributed by atoms with E-state index >= 15 is 0 Å². The van der Waals surface area contributed by atoms with E-state index in [-0.39, 0.29) is 0 Å². The van der Waals surface area contributed by atoms with Crippen molar-refractivity contribution in [3.8, 4) is 5.75 Å². The summed E-state index contributed by atoms with van der Waals surface area (Å²) in [5, 5.41) is 3.93. The minimum atomic E-state index is 0.344. The molecule has 1 rings (SSSR count). The quantitative estimate of drug-likeness (QED) is 0.812. The standard InChI is InChI=1S/C11H16ClNO/c1-3-13-9(2)8-14-11-7-5-4-6-10(11)12/h4-7,9,13H,3,8H2,1-2H3. The zero-order chi connectivity index (χ0) is 10.4. The van der Waals surface area contributed by atoms with Crippen molar-refractivity contribution < 1.29 is 4.74 Å². The maximum Gasteiger partial charge on any atom is 0.137 e. The Balaban J connectivity index is 2.41. The van der Waals surface area contributed by atoms with Crippen LogP contribution in [0, 0.1) is 0 Å². The van der Waals surface area contributed by atoms with E-state index < -0.39 is 0 Å². The molecule has 3 heteroatoms. The van der Waals surface area contributed by atoms with Gasteiger partial charge in [-0.1, -0.05) is 30.7 Å². The van der Waals surface area contributed by atoms with Gasteiger partial charge < -0.3 is 10.1 Å². The summed E-state index contributed by atoms with van der Waals surface area (Å²) in [6.45, 7) is 5.75. The predicted molar refractivity (Wildman–Crippen MR) is 60.1 cm³/mol. The third kappa shape index (κ3) is 3.56. The van der Waals surface area contributed by atoms with E-state index in [1.807, 2.05) is 24.3 Å². The average molecular weight is 214 g/mol. The van der Waals surface area contributed by atoms with E-state index in [0.717, 1.165) is 12.3 Å². The Morgan fingerprint density at radius 1 is 1.43 bits per heavy atom. The molecule has 0 saturated heterocycles. The van der Waals surface area contributed by atoms with Crippen LogP contribution in [0.25, 0.3) is 0 Å². The number of para-hydroxylation sites is 1. The van der Waals surface area contributed by atoms with Gasteiger partial charge in [0.2, 0.25) is 0 Å². The fraction of sp³-hybridized carbons (Fsp3) is 0.455. The molecule has 0 amide bonds. The number of hydrogen-bond donors (Lipinski definition) is 1. The minimum Gasteiger partial charge on any atom is -0.490 e. The van der Waals surface area contributed by atoms with Gasteiger partial charge in [-0.15, -0.1) is 0 Å². The molecular weight excluding hydrogens is 198 g/mol. The van der Waals surface area contributed by atoms with Crippen molar-refractivity contribution in [3.05, 3.63) is 29.3 Å². The van der Waals surface area contributed by atoms with Gasteiger partial charge in [-0.25, -0.2) is 0 Å². The van der Waals surface area contributed by atoms with E-state index in [9.17, 15) is 0 Å². The Morgan fingerprint density at radius 3 is 2.79 bits per heavy atom. The normalized spacial score (nSPS) is 12.5. The summed E-state index contributed by atoms with van der Waals surface area (Å²) in [4.78, 5) is 0. The van der Waals surface area contributed by atoms with Crippen LogP contribution in [-0.2, 0) is 0 Å². The molecule has 1 unspecified atom stereocenters.